The Labute approximate surface area is 125 Å². The van der Waals surface area contributed by atoms with E-state index < -0.39 is 18.0 Å². The van der Waals surface area contributed by atoms with Crippen molar-refractivity contribution >= 4 is 11.9 Å². The van der Waals surface area contributed by atoms with Gasteiger partial charge in [-0.3, -0.25) is 0 Å². The van der Waals surface area contributed by atoms with Crippen molar-refractivity contribution in [2.45, 2.75) is 33.8 Å². The van der Waals surface area contributed by atoms with Crippen molar-refractivity contribution in [2.24, 2.45) is 5.92 Å². The molecule has 0 saturated heterocycles. The topological polar surface area (TPSA) is 61.8 Å². The van der Waals surface area contributed by atoms with Crippen LogP contribution < -0.4 is 4.74 Å². The van der Waals surface area contributed by atoms with Gasteiger partial charge >= 0.3 is 11.9 Å². The van der Waals surface area contributed by atoms with E-state index in [2.05, 4.69) is 0 Å². The third-order valence-corrected chi connectivity index (χ3v) is 2.73. The molecule has 116 valence electrons. The lowest BCUT2D eigenvalue weighted by Crippen LogP contribution is -2.35. The molecule has 21 heavy (non-hydrogen) atoms. The first kappa shape index (κ1) is 17.0. The molecule has 0 aliphatic rings. The van der Waals surface area contributed by atoms with Gasteiger partial charge < -0.3 is 14.2 Å². The number of ether oxygens (including phenoxy) is 3. The standard InChI is InChI=1S/C16H22O5/c1-5-19-16(18)15(11(2)3)21-14(17)10-20-13-8-6-7-12(4)9-13/h6-9,11,15H,5,10H2,1-4H3. The molecule has 0 heterocycles. The molecule has 0 saturated carbocycles. The molecule has 1 aromatic carbocycles. The number of hydrogen-bond donors (Lipinski definition) is 0. The third kappa shape index (κ3) is 5.85. The van der Waals surface area contributed by atoms with Crippen LogP contribution in [0.5, 0.6) is 5.75 Å². The van der Waals surface area contributed by atoms with Gasteiger partial charge in [-0.2, -0.15) is 0 Å². The van der Waals surface area contributed by atoms with E-state index in [9.17, 15) is 9.59 Å². The van der Waals surface area contributed by atoms with Gasteiger partial charge in [-0.15, -0.1) is 0 Å². The highest BCUT2D eigenvalue weighted by Crippen LogP contribution is 2.13. The summed E-state index contributed by atoms with van der Waals surface area (Å²) in [4.78, 5) is 23.5. The number of rotatable bonds is 7. The smallest absolute Gasteiger partial charge is 0.347 e. The van der Waals surface area contributed by atoms with E-state index in [1.807, 2.05) is 25.1 Å². The molecule has 0 spiro atoms. The third-order valence-electron chi connectivity index (χ3n) is 2.73. The van der Waals surface area contributed by atoms with E-state index >= 15 is 0 Å². The van der Waals surface area contributed by atoms with Crippen LogP contribution in [0.1, 0.15) is 26.3 Å². The second kappa shape index (κ2) is 8.29. The Bertz CT molecular complexity index is 481. The first-order valence-electron chi connectivity index (χ1n) is 6.99. The molecule has 5 heteroatoms. The number of aryl methyl sites for hydroxylation is 1. The zero-order valence-corrected chi connectivity index (χ0v) is 12.9. The van der Waals surface area contributed by atoms with Gasteiger partial charge in [0.25, 0.3) is 0 Å². The molecular formula is C16H22O5. The van der Waals surface area contributed by atoms with Crippen molar-refractivity contribution in [3.8, 4) is 5.75 Å². The van der Waals surface area contributed by atoms with Crippen molar-refractivity contribution in [2.75, 3.05) is 13.2 Å². The minimum absolute atomic E-state index is 0.160. The number of esters is 2. The Kier molecular flexibility index (Phi) is 6.72. The Balaban J connectivity index is 2.52. The van der Waals surface area contributed by atoms with Crippen LogP contribution in [-0.2, 0) is 19.1 Å². The highest BCUT2D eigenvalue weighted by atomic mass is 16.6. The average Bonchev–Trinajstić information content (AvgIpc) is 2.42. The first-order chi connectivity index (χ1) is 9.93. The minimum Gasteiger partial charge on any atom is -0.482 e. The van der Waals surface area contributed by atoms with Gasteiger partial charge in [-0.1, -0.05) is 26.0 Å². The van der Waals surface area contributed by atoms with Crippen LogP contribution in [0.3, 0.4) is 0 Å². The summed E-state index contributed by atoms with van der Waals surface area (Å²) < 4.78 is 15.4. The fourth-order valence-electron chi connectivity index (χ4n) is 1.70. The van der Waals surface area contributed by atoms with Crippen LogP contribution in [0, 0.1) is 12.8 Å². The largest absolute Gasteiger partial charge is 0.482 e. The predicted octanol–water partition coefficient (Wildman–Crippen LogP) is 2.50. The normalized spacial score (nSPS) is 11.9. The molecule has 0 aliphatic heterocycles. The summed E-state index contributed by atoms with van der Waals surface area (Å²) in [7, 11) is 0. The maximum Gasteiger partial charge on any atom is 0.347 e. The maximum atomic E-state index is 11.8. The Morgan fingerprint density at radius 3 is 2.52 bits per heavy atom. The van der Waals surface area contributed by atoms with E-state index in [-0.39, 0.29) is 19.1 Å². The molecule has 0 N–H and O–H groups in total. The van der Waals surface area contributed by atoms with Crippen molar-refractivity contribution in [3.63, 3.8) is 0 Å². The second-order valence-electron chi connectivity index (χ2n) is 5.01. The second-order valence-corrected chi connectivity index (χ2v) is 5.01. The van der Waals surface area contributed by atoms with Crippen LogP contribution >= 0.6 is 0 Å². The average molecular weight is 294 g/mol. The molecular weight excluding hydrogens is 272 g/mol. The van der Waals surface area contributed by atoms with Gasteiger partial charge in [0.2, 0.25) is 6.10 Å². The summed E-state index contributed by atoms with van der Waals surface area (Å²) in [6.07, 6.45) is -0.904. The van der Waals surface area contributed by atoms with Crippen molar-refractivity contribution in [1.29, 1.82) is 0 Å². The number of hydrogen-bond acceptors (Lipinski definition) is 5. The fraction of sp³-hybridized carbons (Fsp3) is 0.500. The Morgan fingerprint density at radius 2 is 1.95 bits per heavy atom. The number of carbonyl (C=O) groups is 2. The molecule has 1 rings (SSSR count). The molecule has 0 radical (unpaired) electrons. The maximum absolute atomic E-state index is 11.8. The molecule has 1 aromatic rings. The molecule has 1 atom stereocenters. The lowest BCUT2D eigenvalue weighted by atomic mass is 10.1. The predicted molar refractivity (Wildman–Crippen MR) is 78.0 cm³/mol. The van der Waals surface area contributed by atoms with Crippen molar-refractivity contribution in [3.05, 3.63) is 29.8 Å². The lowest BCUT2D eigenvalue weighted by molar-refractivity contribution is -0.171. The van der Waals surface area contributed by atoms with Crippen LogP contribution in [0.25, 0.3) is 0 Å². The van der Waals surface area contributed by atoms with Crippen LogP contribution in [-0.4, -0.2) is 31.3 Å². The summed E-state index contributed by atoms with van der Waals surface area (Å²) in [5, 5.41) is 0. The zero-order chi connectivity index (χ0) is 15.8. The SMILES string of the molecule is CCOC(=O)C(OC(=O)COc1cccc(C)c1)C(C)C. The van der Waals surface area contributed by atoms with E-state index in [1.54, 1.807) is 26.8 Å². The summed E-state index contributed by atoms with van der Waals surface area (Å²) in [6.45, 7) is 7.22. The number of benzene rings is 1. The molecule has 0 bridgehead atoms. The van der Waals surface area contributed by atoms with Crippen LogP contribution in [0.2, 0.25) is 0 Å². The van der Waals surface area contributed by atoms with Crippen LogP contribution in [0.4, 0.5) is 0 Å². The van der Waals surface area contributed by atoms with E-state index in [0.717, 1.165) is 5.56 Å². The highest BCUT2D eigenvalue weighted by molar-refractivity contribution is 5.80. The number of carbonyl (C=O) groups excluding carboxylic acids is 2. The van der Waals surface area contributed by atoms with Gasteiger partial charge in [-0.25, -0.2) is 9.59 Å². The monoisotopic (exact) mass is 294 g/mol. The molecule has 0 aromatic heterocycles. The first-order valence-corrected chi connectivity index (χ1v) is 6.99. The quantitative estimate of drug-likeness (QED) is 0.723. The van der Waals surface area contributed by atoms with Gasteiger partial charge in [0.05, 0.1) is 6.61 Å². The molecule has 0 fully saturated rings. The lowest BCUT2D eigenvalue weighted by Gasteiger charge is -2.19. The molecule has 0 amide bonds. The molecule has 0 aliphatic carbocycles. The van der Waals surface area contributed by atoms with Crippen molar-refractivity contribution in [1.82, 2.24) is 0 Å². The van der Waals surface area contributed by atoms with Crippen LogP contribution in [0.15, 0.2) is 24.3 Å². The van der Waals surface area contributed by atoms with Gasteiger partial charge in [0.1, 0.15) is 5.75 Å². The Hall–Kier alpha value is -2.04. The molecule has 5 nitrogen and oxygen atoms in total. The van der Waals surface area contributed by atoms with Crippen molar-refractivity contribution < 1.29 is 23.8 Å². The van der Waals surface area contributed by atoms with Gasteiger partial charge in [0, 0.05) is 5.92 Å². The van der Waals surface area contributed by atoms with Gasteiger partial charge in [0.15, 0.2) is 6.61 Å². The van der Waals surface area contributed by atoms with E-state index in [0.29, 0.717) is 5.75 Å². The summed E-state index contributed by atoms with van der Waals surface area (Å²) in [6, 6.07) is 7.34. The van der Waals surface area contributed by atoms with E-state index in [4.69, 9.17) is 14.2 Å². The Morgan fingerprint density at radius 1 is 1.24 bits per heavy atom. The molecule has 1 unspecified atom stereocenters. The highest BCUT2D eigenvalue weighted by Gasteiger charge is 2.27. The summed E-state index contributed by atoms with van der Waals surface area (Å²) in [5.74, 6) is -0.698. The minimum atomic E-state index is -0.904. The van der Waals surface area contributed by atoms with E-state index in [1.165, 1.54) is 0 Å². The zero-order valence-electron chi connectivity index (χ0n) is 12.9. The summed E-state index contributed by atoms with van der Waals surface area (Å²) in [5.41, 5.74) is 1.03. The fourth-order valence-corrected chi connectivity index (χ4v) is 1.70. The summed E-state index contributed by atoms with van der Waals surface area (Å²) >= 11 is 0. The van der Waals surface area contributed by atoms with Gasteiger partial charge in [-0.05, 0) is 31.5 Å².